The van der Waals surface area contributed by atoms with Crippen LogP contribution in [0.2, 0.25) is 0 Å². The maximum atomic E-state index is 12.1. The van der Waals surface area contributed by atoms with E-state index in [9.17, 15) is 19.8 Å². The van der Waals surface area contributed by atoms with Crippen molar-refractivity contribution in [1.82, 2.24) is 9.88 Å². The van der Waals surface area contributed by atoms with Gasteiger partial charge in [-0.3, -0.25) is 0 Å². The van der Waals surface area contributed by atoms with Gasteiger partial charge in [-0.05, 0) is 32.9 Å². The Morgan fingerprint density at radius 2 is 2.04 bits per heavy atom. The Morgan fingerprint density at radius 3 is 2.61 bits per heavy atom. The monoisotopic (exact) mass is 323 g/mol. The summed E-state index contributed by atoms with van der Waals surface area (Å²) in [5.41, 5.74) is -0.647. The molecule has 2 heterocycles. The minimum absolute atomic E-state index is 0.0414. The van der Waals surface area contributed by atoms with Gasteiger partial charge in [0.1, 0.15) is 11.6 Å². The molecule has 1 saturated heterocycles. The maximum Gasteiger partial charge on any atom is 0.410 e. The van der Waals surface area contributed by atoms with Gasteiger partial charge in [0.15, 0.2) is 11.6 Å². The average molecular weight is 323 g/mol. The second-order valence-electron chi connectivity index (χ2n) is 6.32. The fourth-order valence-electron chi connectivity index (χ4n) is 2.35. The number of aromatic nitrogens is 1. The van der Waals surface area contributed by atoms with Gasteiger partial charge in [-0.15, -0.1) is 0 Å². The van der Waals surface area contributed by atoms with Crippen LogP contribution in [0.5, 0.6) is 5.75 Å². The van der Waals surface area contributed by atoms with Crippen LogP contribution in [0.25, 0.3) is 0 Å². The van der Waals surface area contributed by atoms with Gasteiger partial charge < -0.3 is 24.7 Å². The lowest BCUT2D eigenvalue weighted by Crippen LogP contribution is -2.58. The first kappa shape index (κ1) is 16.9. The Bertz CT molecular complexity index is 599. The summed E-state index contributed by atoms with van der Waals surface area (Å²) in [6, 6.07) is 2.00. The number of hydrogen-bond acceptors (Lipinski definition) is 6. The summed E-state index contributed by atoms with van der Waals surface area (Å²) in [6.45, 7) is 5.74. The molecule has 8 nitrogen and oxygen atoms in total. The number of carboxylic acids is 1. The number of pyridine rings is 1. The van der Waals surface area contributed by atoms with E-state index in [1.807, 2.05) is 0 Å². The molecule has 0 bridgehead atoms. The summed E-state index contributed by atoms with van der Waals surface area (Å²) in [6.07, 6.45) is 0.933. The standard InChI is InChI=1S/C15H21N3O5/c1-15(2,3)23-14(22)17-7-8-18(10(9-17)13(20)21)12-11(19)5-4-6-16-12/h4-6,10,19H,7-9H2,1-3H3,(H,20,21)/t10-/m1/s1. The maximum absolute atomic E-state index is 12.1. The van der Waals surface area contributed by atoms with Crippen LogP contribution in [-0.4, -0.2) is 63.4 Å². The minimum atomic E-state index is -1.09. The third-order valence-corrected chi connectivity index (χ3v) is 3.36. The molecule has 1 atom stereocenters. The molecule has 23 heavy (non-hydrogen) atoms. The Hall–Kier alpha value is -2.51. The first-order valence-electron chi connectivity index (χ1n) is 7.30. The zero-order valence-corrected chi connectivity index (χ0v) is 13.4. The van der Waals surface area contributed by atoms with Gasteiger partial charge >= 0.3 is 12.1 Å². The molecule has 0 saturated carbocycles. The number of aromatic hydroxyl groups is 1. The smallest absolute Gasteiger partial charge is 0.410 e. The van der Waals surface area contributed by atoms with Crippen LogP contribution in [0.15, 0.2) is 18.3 Å². The molecule has 0 aliphatic carbocycles. The number of aliphatic carboxylic acids is 1. The molecule has 1 aromatic rings. The Labute approximate surface area is 134 Å². The number of carbonyl (C=O) groups excluding carboxylic acids is 1. The van der Waals surface area contributed by atoms with Crippen LogP contribution in [0.4, 0.5) is 10.6 Å². The van der Waals surface area contributed by atoms with Gasteiger partial charge in [0.2, 0.25) is 0 Å². The van der Waals surface area contributed by atoms with Crippen LogP contribution < -0.4 is 4.90 Å². The van der Waals surface area contributed by atoms with Crippen molar-refractivity contribution in [2.75, 3.05) is 24.5 Å². The molecule has 0 radical (unpaired) electrons. The molecule has 1 aromatic heterocycles. The number of carbonyl (C=O) groups is 2. The third kappa shape index (κ3) is 4.02. The molecule has 2 rings (SSSR count). The van der Waals surface area contributed by atoms with Gasteiger partial charge in [0.05, 0.1) is 6.54 Å². The second kappa shape index (κ2) is 6.31. The van der Waals surface area contributed by atoms with Crippen molar-refractivity contribution in [2.45, 2.75) is 32.4 Å². The van der Waals surface area contributed by atoms with Crippen molar-refractivity contribution >= 4 is 17.9 Å². The highest BCUT2D eigenvalue weighted by Crippen LogP contribution is 2.27. The summed E-state index contributed by atoms with van der Waals surface area (Å²) in [5.74, 6) is -0.989. The van der Waals surface area contributed by atoms with E-state index < -0.39 is 23.7 Å². The van der Waals surface area contributed by atoms with E-state index in [0.717, 1.165) is 0 Å². The number of nitrogens with zero attached hydrogens (tertiary/aromatic N) is 3. The van der Waals surface area contributed by atoms with Crippen LogP contribution in [-0.2, 0) is 9.53 Å². The molecule has 0 spiro atoms. The quantitative estimate of drug-likeness (QED) is 0.845. The second-order valence-corrected chi connectivity index (χ2v) is 6.32. The van der Waals surface area contributed by atoms with E-state index in [1.54, 1.807) is 26.8 Å². The molecular formula is C15H21N3O5. The number of carboxylic acid groups (broad SMARTS) is 1. The zero-order valence-electron chi connectivity index (χ0n) is 13.4. The van der Waals surface area contributed by atoms with E-state index in [1.165, 1.54) is 22.1 Å². The van der Waals surface area contributed by atoms with Gasteiger partial charge in [0, 0.05) is 19.3 Å². The topological polar surface area (TPSA) is 103 Å². The summed E-state index contributed by atoms with van der Waals surface area (Å²) in [7, 11) is 0. The molecule has 1 fully saturated rings. The number of amides is 1. The van der Waals surface area contributed by atoms with Crippen molar-refractivity contribution < 1.29 is 24.5 Å². The zero-order chi connectivity index (χ0) is 17.2. The molecule has 126 valence electrons. The number of hydrogen-bond donors (Lipinski definition) is 2. The number of rotatable bonds is 2. The first-order chi connectivity index (χ1) is 10.7. The fourth-order valence-corrected chi connectivity index (χ4v) is 2.35. The lowest BCUT2D eigenvalue weighted by Gasteiger charge is -2.40. The highest BCUT2D eigenvalue weighted by Gasteiger charge is 2.37. The highest BCUT2D eigenvalue weighted by molar-refractivity contribution is 5.80. The molecular weight excluding hydrogens is 302 g/mol. The molecule has 1 aliphatic rings. The van der Waals surface area contributed by atoms with E-state index in [-0.39, 0.29) is 31.2 Å². The van der Waals surface area contributed by atoms with Crippen LogP contribution in [0.3, 0.4) is 0 Å². The molecule has 1 aliphatic heterocycles. The predicted octanol–water partition coefficient (Wildman–Crippen LogP) is 1.30. The molecule has 1 amide bonds. The highest BCUT2D eigenvalue weighted by atomic mass is 16.6. The Balaban J connectivity index is 2.17. The van der Waals surface area contributed by atoms with Crippen molar-refractivity contribution in [1.29, 1.82) is 0 Å². The summed E-state index contributed by atoms with van der Waals surface area (Å²) < 4.78 is 5.28. The lowest BCUT2D eigenvalue weighted by molar-refractivity contribution is -0.139. The van der Waals surface area contributed by atoms with Gasteiger partial charge in [-0.2, -0.15) is 0 Å². The average Bonchev–Trinajstić information content (AvgIpc) is 2.45. The summed E-state index contributed by atoms with van der Waals surface area (Å²) >= 11 is 0. The summed E-state index contributed by atoms with van der Waals surface area (Å²) in [5, 5.41) is 19.4. The van der Waals surface area contributed by atoms with Gasteiger partial charge in [-0.1, -0.05) is 0 Å². The third-order valence-electron chi connectivity index (χ3n) is 3.36. The van der Waals surface area contributed by atoms with Crippen LogP contribution >= 0.6 is 0 Å². The van der Waals surface area contributed by atoms with E-state index >= 15 is 0 Å². The van der Waals surface area contributed by atoms with Gasteiger partial charge in [-0.25, -0.2) is 14.6 Å². The molecule has 2 N–H and O–H groups in total. The predicted molar refractivity (Wildman–Crippen MR) is 82.5 cm³/mol. The normalized spacial score (nSPS) is 18.7. The van der Waals surface area contributed by atoms with Gasteiger partial charge in [0.25, 0.3) is 0 Å². The van der Waals surface area contributed by atoms with E-state index in [4.69, 9.17) is 4.74 Å². The van der Waals surface area contributed by atoms with Crippen LogP contribution in [0, 0.1) is 0 Å². The van der Waals surface area contributed by atoms with Crippen molar-refractivity contribution in [2.24, 2.45) is 0 Å². The summed E-state index contributed by atoms with van der Waals surface area (Å²) in [4.78, 5) is 30.6. The van der Waals surface area contributed by atoms with Crippen molar-refractivity contribution in [3.63, 3.8) is 0 Å². The lowest BCUT2D eigenvalue weighted by atomic mass is 10.1. The number of ether oxygens (including phenoxy) is 1. The van der Waals surface area contributed by atoms with E-state index in [2.05, 4.69) is 4.98 Å². The fraction of sp³-hybridized carbons (Fsp3) is 0.533. The Kier molecular flexibility index (Phi) is 4.63. The largest absolute Gasteiger partial charge is 0.504 e. The van der Waals surface area contributed by atoms with Crippen molar-refractivity contribution in [3.8, 4) is 5.75 Å². The molecule has 0 aromatic carbocycles. The SMILES string of the molecule is CC(C)(C)OC(=O)N1CCN(c2ncccc2O)[C@@H](C(=O)O)C1. The molecule has 0 unspecified atom stereocenters. The Morgan fingerprint density at radius 1 is 1.35 bits per heavy atom. The van der Waals surface area contributed by atoms with Crippen molar-refractivity contribution in [3.05, 3.63) is 18.3 Å². The first-order valence-corrected chi connectivity index (χ1v) is 7.30. The number of piperazine rings is 1. The number of anilines is 1. The minimum Gasteiger partial charge on any atom is -0.504 e. The molecule has 8 heteroatoms. The van der Waals surface area contributed by atoms with Crippen LogP contribution in [0.1, 0.15) is 20.8 Å². The van der Waals surface area contributed by atoms with E-state index in [0.29, 0.717) is 0 Å².